The van der Waals surface area contributed by atoms with E-state index >= 15 is 0 Å². The number of ether oxygens (including phenoxy) is 1. The predicted molar refractivity (Wildman–Crippen MR) is 69.1 cm³/mol. The van der Waals surface area contributed by atoms with Crippen LogP contribution in [0.1, 0.15) is 28.9 Å². The van der Waals surface area contributed by atoms with E-state index in [1.165, 1.54) is 13.3 Å². The lowest BCUT2D eigenvalue weighted by Crippen LogP contribution is -2.06. The van der Waals surface area contributed by atoms with E-state index in [0.29, 0.717) is 18.6 Å². The minimum atomic E-state index is -1.55. The van der Waals surface area contributed by atoms with Crippen LogP contribution in [0.5, 0.6) is 0 Å². The van der Waals surface area contributed by atoms with Crippen LogP contribution >= 0.6 is 0 Å². The summed E-state index contributed by atoms with van der Waals surface area (Å²) in [5.41, 5.74) is 0.715. The smallest absolute Gasteiger partial charge is 0.194 e. The van der Waals surface area contributed by atoms with Crippen molar-refractivity contribution in [2.45, 2.75) is 12.8 Å². The number of hydrogen-bond acceptors (Lipinski definition) is 3. The highest BCUT2D eigenvalue weighted by molar-refractivity contribution is 5.76. The second-order valence-corrected chi connectivity index (χ2v) is 4.61. The van der Waals surface area contributed by atoms with Crippen LogP contribution in [0.15, 0.2) is 18.3 Å². The quantitative estimate of drug-likeness (QED) is 0.630. The molecule has 0 aliphatic heterocycles. The maximum atomic E-state index is 13.2. The molecule has 0 bridgehead atoms. The van der Waals surface area contributed by atoms with E-state index in [-0.39, 0.29) is 17.2 Å². The number of benzene rings is 1. The molecule has 0 saturated carbocycles. The van der Waals surface area contributed by atoms with Crippen LogP contribution in [0.25, 0.3) is 5.69 Å². The summed E-state index contributed by atoms with van der Waals surface area (Å²) in [5.74, 6) is -4.36. The SMILES string of the molecule is COCC(C)c1nn(-c2cc(F)c(F)c(F)c2)cc1C=O. The van der Waals surface area contributed by atoms with E-state index in [1.807, 2.05) is 0 Å². The normalized spacial score (nSPS) is 12.4. The van der Waals surface area contributed by atoms with Crippen molar-refractivity contribution >= 4 is 6.29 Å². The first-order valence-electron chi connectivity index (χ1n) is 6.16. The molecule has 4 nitrogen and oxygen atoms in total. The van der Waals surface area contributed by atoms with Crippen LogP contribution < -0.4 is 0 Å². The third-order valence-electron chi connectivity index (χ3n) is 3.02. The number of methoxy groups -OCH3 is 1. The number of aldehydes is 1. The molecule has 7 heteroatoms. The molecule has 112 valence electrons. The fourth-order valence-electron chi connectivity index (χ4n) is 2.01. The zero-order valence-corrected chi connectivity index (χ0v) is 11.4. The minimum absolute atomic E-state index is 0.00892. The molecule has 0 spiro atoms. The third kappa shape index (κ3) is 2.97. The van der Waals surface area contributed by atoms with Gasteiger partial charge in [0.05, 0.1) is 23.6 Å². The molecule has 0 saturated heterocycles. The molecule has 2 rings (SSSR count). The number of nitrogens with zero attached hydrogens (tertiary/aromatic N) is 2. The molecule has 1 unspecified atom stereocenters. The van der Waals surface area contributed by atoms with Gasteiger partial charge in [-0.25, -0.2) is 17.9 Å². The highest BCUT2D eigenvalue weighted by atomic mass is 19.2. The Kier molecular flexibility index (Phi) is 4.42. The van der Waals surface area contributed by atoms with E-state index in [9.17, 15) is 18.0 Å². The number of carbonyl (C=O) groups excluding carboxylic acids is 1. The highest BCUT2D eigenvalue weighted by Gasteiger charge is 2.18. The molecular weight excluding hydrogens is 285 g/mol. The lowest BCUT2D eigenvalue weighted by Gasteiger charge is -2.07. The maximum Gasteiger partial charge on any atom is 0.194 e. The van der Waals surface area contributed by atoms with Crippen LogP contribution in [0.4, 0.5) is 13.2 Å². The molecule has 0 aliphatic rings. The van der Waals surface area contributed by atoms with Gasteiger partial charge in [-0.1, -0.05) is 6.92 Å². The van der Waals surface area contributed by atoms with Gasteiger partial charge in [-0.3, -0.25) is 4.79 Å². The summed E-state index contributed by atoms with van der Waals surface area (Å²) in [7, 11) is 1.51. The van der Waals surface area contributed by atoms with Crippen LogP contribution in [0.3, 0.4) is 0 Å². The molecular formula is C14H13F3N2O2. The number of halogens is 3. The van der Waals surface area contributed by atoms with Gasteiger partial charge >= 0.3 is 0 Å². The van der Waals surface area contributed by atoms with E-state index in [4.69, 9.17) is 4.74 Å². The molecule has 1 aromatic heterocycles. The van der Waals surface area contributed by atoms with Gasteiger partial charge in [-0.05, 0) is 0 Å². The van der Waals surface area contributed by atoms with Gasteiger partial charge in [-0.2, -0.15) is 5.10 Å². The second-order valence-electron chi connectivity index (χ2n) is 4.61. The number of aromatic nitrogens is 2. The van der Waals surface area contributed by atoms with Crippen LogP contribution in [-0.4, -0.2) is 29.8 Å². The van der Waals surface area contributed by atoms with Crippen molar-refractivity contribution in [1.29, 1.82) is 0 Å². The molecule has 1 heterocycles. The second kappa shape index (κ2) is 6.09. The van der Waals surface area contributed by atoms with Crippen molar-refractivity contribution in [3.05, 3.63) is 47.0 Å². The molecule has 2 aromatic rings. The number of rotatable bonds is 5. The Bertz CT molecular complexity index is 647. The monoisotopic (exact) mass is 298 g/mol. The Balaban J connectivity index is 2.48. The Morgan fingerprint density at radius 2 is 1.95 bits per heavy atom. The van der Waals surface area contributed by atoms with Crippen molar-refractivity contribution in [2.24, 2.45) is 0 Å². The van der Waals surface area contributed by atoms with Crippen molar-refractivity contribution in [3.63, 3.8) is 0 Å². The first-order valence-corrected chi connectivity index (χ1v) is 6.16. The van der Waals surface area contributed by atoms with Gasteiger partial charge in [-0.15, -0.1) is 0 Å². The predicted octanol–water partition coefficient (Wildman–Crippen LogP) is 2.85. The molecule has 0 radical (unpaired) electrons. The zero-order chi connectivity index (χ0) is 15.6. The van der Waals surface area contributed by atoms with Crippen molar-refractivity contribution in [3.8, 4) is 5.69 Å². The molecule has 21 heavy (non-hydrogen) atoms. The minimum Gasteiger partial charge on any atom is -0.384 e. The van der Waals surface area contributed by atoms with Gasteiger partial charge in [0.2, 0.25) is 0 Å². The average molecular weight is 298 g/mol. The summed E-state index contributed by atoms with van der Waals surface area (Å²) in [6, 6.07) is 1.62. The molecule has 0 amide bonds. The summed E-state index contributed by atoms with van der Waals surface area (Å²) in [6.07, 6.45) is 1.93. The van der Waals surface area contributed by atoms with Crippen LogP contribution in [0, 0.1) is 17.5 Å². The average Bonchev–Trinajstić information content (AvgIpc) is 2.88. The van der Waals surface area contributed by atoms with Gasteiger partial charge in [0.15, 0.2) is 23.7 Å². The molecule has 0 fully saturated rings. The van der Waals surface area contributed by atoms with Gasteiger partial charge in [0.25, 0.3) is 0 Å². The third-order valence-corrected chi connectivity index (χ3v) is 3.02. The summed E-state index contributed by atoms with van der Waals surface area (Å²) < 4.78 is 45.6. The van der Waals surface area contributed by atoms with Crippen LogP contribution in [-0.2, 0) is 4.74 Å². The van der Waals surface area contributed by atoms with E-state index < -0.39 is 17.5 Å². The van der Waals surface area contributed by atoms with Gasteiger partial charge in [0, 0.05) is 31.4 Å². The summed E-state index contributed by atoms with van der Waals surface area (Å²) in [4.78, 5) is 11.1. The van der Waals surface area contributed by atoms with Crippen molar-refractivity contribution < 1.29 is 22.7 Å². The van der Waals surface area contributed by atoms with Crippen molar-refractivity contribution in [1.82, 2.24) is 9.78 Å². The Morgan fingerprint density at radius 3 is 2.48 bits per heavy atom. The highest BCUT2D eigenvalue weighted by Crippen LogP contribution is 2.21. The Labute approximate surface area is 119 Å². The topological polar surface area (TPSA) is 44.1 Å². The molecule has 1 aromatic carbocycles. The summed E-state index contributed by atoms with van der Waals surface area (Å²) in [6.45, 7) is 2.14. The van der Waals surface area contributed by atoms with Crippen LogP contribution in [0.2, 0.25) is 0 Å². The molecule has 0 aliphatic carbocycles. The summed E-state index contributed by atoms with van der Waals surface area (Å²) in [5, 5.41) is 4.13. The van der Waals surface area contributed by atoms with E-state index in [1.54, 1.807) is 6.92 Å². The first-order chi connectivity index (χ1) is 9.97. The molecule has 1 atom stereocenters. The van der Waals surface area contributed by atoms with Gasteiger partial charge < -0.3 is 4.74 Å². The fraction of sp³-hybridized carbons (Fsp3) is 0.286. The molecule has 0 N–H and O–H groups in total. The Hall–Kier alpha value is -2.15. The standard InChI is InChI=1S/C14H13F3N2O2/c1-8(7-21-2)14-9(6-20)5-19(18-14)10-3-11(15)13(17)12(16)4-10/h3-6,8H,7H2,1-2H3. The van der Waals surface area contributed by atoms with E-state index in [2.05, 4.69) is 5.10 Å². The number of hydrogen-bond donors (Lipinski definition) is 0. The lowest BCUT2D eigenvalue weighted by atomic mass is 10.1. The Morgan fingerprint density at radius 1 is 1.33 bits per heavy atom. The lowest BCUT2D eigenvalue weighted by molar-refractivity contribution is 0.112. The first kappa shape index (κ1) is 15.2. The summed E-state index contributed by atoms with van der Waals surface area (Å²) >= 11 is 0. The number of carbonyl (C=O) groups is 1. The van der Waals surface area contributed by atoms with E-state index in [0.717, 1.165) is 16.8 Å². The largest absolute Gasteiger partial charge is 0.384 e. The zero-order valence-electron chi connectivity index (χ0n) is 11.4. The fourth-order valence-corrected chi connectivity index (χ4v) is 2.01. The van der Waals surface area contributed by atoms with Gasteiger partial charge in [0.1, 0.15) is 0 Å². The maximum absolute atomic E-state index is 13.2. The van der Waals surface area contributed by atoms with Crippen molar-refractivity contribution in [2.75, 3.05) is 13.7 Å².